The van der Waals surface area contributed by atoms with Gasteiger partial charge in [0.05, 0.1) is 30.2 Å². The number of nitrogens with one attached hydrogen (secondary N) is 1. The second kappa shape index (κ2) is 7.80. The molecule has 0 spiro atoms. The lowest BCUT2D eigenvalue weighted by molar-refractivity contribution is -0.0424. The molecule has 0 aliphatic heterocycles. The van der Waals surface area contributed by atoms with Gasteiger partial charge < -0.3 is 15.2 Å². The second-order valence-electron chi connectivity index (χ2n) is 6.18. The third-order valence-corrected chi connectivity index (χ3v) is 4.30. The van der Waals surface area contributed by atoms with Crippen molar-refractivity contribution in [3.05, 3.63) is 11.9 Å². The average Bonchev–Trinajstić information content (AvgIpc) is 2.84. The van der Waals surface area contributed by atoms with Crippen molar-refractivity contribution in [2.24, 2.45) is 13.0 Å². The molecule has 5 nitrogen and oxygen atoms in total. The molecule has 5 heteroatoms. The molecule has 21 heavy (non-hydrogen) atoms. The first kappa shape index (κ1) is 16.3. The highest BCUT2D eigenvalue weighted by Gasteiger charge is 2.22. The largest absolute Gasteiger partial charge is 0.389 e. The molecule has 1 heterocycles. The highest BCUT2D eigenvalue weighted by atomic mass is 16.5. The van der Waals surface area contributed by atoms with E-state index in [4.69, 9.17) is 4.74 Å². The van der Waals surface area contributed by atoms with E-state index in [-0.39, 0.29) is 0 Å². The Morgan fingerprint density at radius 1 is 1.48 bits per heavy atom. The SMILES string of the molecule is CCc1nn(C)cc1NCC(O)COC1CCCCC1C. The summed E-state index contributed by atoms with van der Waals surface area (Å²) in [4.78, 5) is 0. The van der Waals surface area contributed by atoms with Gasteiger partial charge in [0.2, 0.25) is 0 Å². The number of hydrogen-bond donors (Lipinski definition) is 2. The van der Waals surface area contributed by atoms with Crippen LogP contribution >= 0.6 is 0 Å². The van der Waals surface area contributed by atoms with Gasteiger partial charge in [-0.05, 0) is 25.2 Å². The summed E-state index contributed by atoms with van der Waals surface area (Å²) in [5, 5.41) is 17.7. The molecule has 120 valence electrons. The minimum atomic E-state index is -0.482. The van der Waals surface area contributed by atoms with Crippen molar-refractivity contribution in [3.8, 4) is 0 Å². The molecule has 2 N–H and O–H groups in total. The van der Waals surface area contributed by atoms with Crippen molar-refractivity contribution in [1.29, 1.82) is 0 Å². The number of ether oxygens (including phenoxy) is 1. The van der Waals surface area contributed by atoms with Crippen LogP contribution in [0.3, 0.4) is 0 Å². The van der Waals surface area contributed by atoms with E-state index in [2.05, 4.69) is 24.3 Å². The quantitative estimate of drug-likeness (QED) is 0.810. The van der Waals surface area contributed by atoms with Gasteiger partial charge in [0.15, 0.2) is 0 Å². The van der Waals surface area contributed by atoms with Gasteiger partial charge in [-0.25, -0.2) is 0 Å². The minimum absolute atomic E-state index is 0.318. The van der Waals surface area contributed by atoms with Crippen molar-refractivity contribution >= 4 is 5.69 Å². The lowest BCUT2D eigenvalue weighted by Gasteiger charge is -2.29. The van der Waals surface area contributed by atoms with Gasteiger partial charge >= 0.3 is 0 Å². The predicted molar refractivity (Wildman–Crippen MR) is 84.5 cm³/mol. The lowest BCUT2D eigenvalue weighted by atomic mass is 9.88. The maximum Gasteiger partial charge on any atom is 0.0945 e. The molecular formula is C16H29N3O2. The number of aryl methyl sites for hydroxylation is 2. The normalized spacial score (nSPS) is 24.0. The number of aromatic nitrogens is 2. The van der Waals surface area contributed by atoms with E-state index in [1.165, 1.54) is 19.3 Å². The first-order chi connectivity index (χ1) is 10.1. The molecule has 0 radical (unpaired) electrons. The molecule has 0 bridgehead atoms. The van der Waals surface area contributed by atoms with E-state index in [9.17, 15) is 5.11 Å². The van der Waals surface area contributed by atoms with Crippen LogP contribution in [0.5, 0.6) is 0 Å². The van der Waals surface area contributed by atoms with Crippen LogP contribution in [0.15, 0.2) is 6.20 Å². The molecule has 1 fully saturated rings. The lowest BCUT2D eigenvalue weighted by Crippen LogP contribution is -2.32. The maximum absolute atomic E-state index is 10.1. The molecule has 1 aromatic rings. The van der Waals surface area contributed by atoms with Crippen LogP contribution in [0.1, 0.15) is 45.2 Å². The first-order valence-electron chi connectivity index (χ1n) is 8.16. The third-order valence-electron chi connectivity index (χ3n) is 4.30. The fraction of sp³-hybridized carbons (Fsp3) is 0.812. The number of rotatable bonds is 7. The fourth-order valence-electron chi connectivity index (χ4n) is 2.99. The number of hydrogen-bond acceptors (Lipinski definition) is 4. The molecule has 1 aliphatic carbocycles. The van der Waals surface area contributed by atoms with Crippen molar-refractivity contribution < 1.29 is 9.84 Å². The average molecular weight is 295 g/mol. The monoisotopic (exact) mass is 295 g/mol. The maximum atomic E-state index is 10.1. The van der Waals surface area contributed by atoms with E-state index in [0.29, 0.717) is 25.2 Å². The Labute approximate surface area is 127 Å². The Hall–Kier alpha value is -1.07. The summed E-state index contributed by atoms with van der Waals surface area (Å²) in [7, 11) is 1.91. The topological polar surface area (TPSA) is 59.3 Å². The van der Waals surface area contributed by atoms with Gasteiger partial charge in [-0.2, -0.15) is 5.10 Å². The Balaban J connectivity index is 1.72. The molecule has 0 saturated heterocycles. The summed E-state index contributed by atoms with van der Waals surface area (Å²) in [5.41, 5.74) is 2.04. The van der Waals surface area contributed by atoms with Gasteiger partial charge in [-0.3, -0.25) is 4.68 Å². The van der Waals surface area contributed by atoms with Crippen molar-refractivity contribution in [1.82, 2.24) is 9.78 Å². The van der Waals surface area contributed by atoms with E-state index >= 15 is 0 Å². The number of aliphatic hydroxyl groups excluding tert-OH is 1. The van der Waals surface area contributed by atoms with Gasteiger partial charge in [0.25, 0.3) is 0 Å². The summed E-state index contributed by atoms with van der Waals surface area (Å²) >= 11 is 0. The molecule has 3 atom stereocenters. The van der Waals surface area contributed by atoms with E-state index in [0.717, 1.165) is 24.2 Å². The number of anilines is 1. The summed E-state index contributed by atoms with van der Waals surface area (Å²) in [6.07, 6.45) is 7.61. The number of aliphatic hydroxyl groups is 1. The Morgan fingerprint density at radius 3 is 2.95 bits per heavy atom. The zero-order chi connectivity index (χ0) is 15.2. The van der Waals surface area contributed by atoms with Gasteiger partial charge in [0, 0.05) is 19.8 Å². The molecular weight excluding hydrogens is 266 g/mol. The van der Waals surface area contributed by atoms with Gasteiger partial charge in [-0.1, -0.05) is 26.7 Å². The highest BCUT2D eigenvalue weighted by Crippen LogP contribution is 2.26. The van der Waals surface area contributed by atoms with Crippen LogP contribution in [0.25, 0.3) is 0 Å². The van der Waals surface area contributed by atoms with Crippen molar-refractivity contribution in [3.63, 3.8) is 0 Å². The first-order valence-corrected chi connectivity index (χ1v) is 8.16. The third kappa shape index (κ3) is 4.71. The molecule has 1 saturated carbocycles. The summed E-state index contributed by atoms with van der Waals surface area (Å²) in [6.45, 7) is 5.23. The van der Waals surface area contributed by atoms with Crippen LogP contribution < -0.4 is 5.32 Å². The molecule has 1 aromatic heterocycles. The second-order valence-corrected chi connectivity index (χ2v) is 6.18. The van der Waals surface area contributed by atoms with Crippen LogP contribution in [-0.2, 0) is 18.2 Å². The van der Waals surface area contributed by atoms with Gasteiger partial charge in [0.1, 0.15) is 0 Å². The Bertz CT molecular complexity index is 433. The summed E-state index contributed by atoms with van der Waals surface area (Å²) in [6, 6.07) is 0. The highest BCUT2D eigenvalue weighted by molar-refractivity contribution is 5.46. The molecule has 2 rings (SSSR count). The Morgan fingerprint density at radius 2 is 2.24 bits per heavy atom. The molecule has 0 aromatic carbocycles. The zero-order valence-corrected chi connectivity index (χ0v) is 13.5. The summed E-state index contributed by atoms with van der Waals surface area (Å²) in [5.74, 6) is 0.615. The van der Waals surface area contributed by atoms with E-state index in [1.807, 2.05) is 13.2 Å². The van der Waals surface area contributed by atoms with Crippen molar-refractivity contribution in [2.45, 2.75) is 58.2 Å². The minimum Gasteiger partial charge on any atom is -0.389 e. The molecule has 1 aliphatic rings. The smallest absolute Gasteiger partial charge is 0.0945 e. The molecule has 0 amide bonds. The standard InChI is InChI=1S/C16H29N3O2/c1-4-14-15(10-19(3)18-14)17-9-13(20)11-21-16-8-6-5-7-12(16)2/h10,12-13,16-17,20H,4-9,11H2,1-3H3. The van der Waals surface area contributed by atoms with Crippen LogP contribution in [0.2, 0.25) is 0 Å². The van der Waals surface area contributed by atoms with E-state index < -0.39 is 6.10 Å². The van der Waals surface area contributed by atoms with Crippen LogP contribution in [0.4, 0.5) is 5.69 Å². The molecule has 3 unspecified atom stereocenters. The van der Waals surface area contributed by atoms with Crippen LogP contribution in [0, 0.1) is 5.92 Å². The van der Waals surface area contributed by atoms with Crippen molar-refractivity contribution in [2.75, 3.05) is 18.5 Å². The zero-order valence-electron chi connectivity index (χ0n) is 13.5. The predicted octanol–water partition coefficient (Wildman–Crippen LogP) is 2.35. The number of nitrogens with zero attached hydrogens (tertiary/aromatic N) is 2. The van der Waals surface area contributed by atoms with Gasteiger partial charge in [-0.15, -0.1) is 0 Å². The fourth-order valence-corrected chi connectivity index (χ4v) is 2.99. The van der Waals surface area contributed by atoms with Crippen LogP contribution in [-0.4, -0.2) is 40.2 Å². The Kier molecular flexibility index (Phi) is 6.06. The van der Waals surface area contributed by atoms with E-state index in [1.54, 1.807) is 4.68 Å². The summed E-state index contributed by atoms with van der Waals surface area (Å²) < 4.78 is 7.70.